The third kappa shape index (κ3) is 5.69. The SMILES string of the molecule is CC(C)Cn1c(=O)c2ccc(C(=O)NC3CCCC3)cc2n2c(SCC(=O)NC(C)(C)C)nnc12. The molecule has 2 amide bonds. The summed E-state index contributed by atoms with van der Waals surface area (Å²) in [7, 11) is 0. The summed E-state index contributed by atoms with van der Waals surface area (Å²) in [4.78, 5) is 38.8. The van der Waals surface area contributed by atoms with Gasteiger partial charge in [0.2, 0.25) is 11.7 Å². The van der Waals surface area contributed by atoms with E-state index in [1.54, 1.807) is 27.2 Å². The number of hydrogen-bond acceptors (Lipinski definition) is 6. The number of nitrogens with zero attached hydrogens (tertiary/aromatic N) is 4. The highest BCUT2D eigenvalue weighted by atomic mass is 32.2. The van der Waals surface area contributed by atoms with E-state index in [1.807, 2.05) is 34.6 Å². The van der Waals surface area contributed by atoms with Crippen LogP contribution in [0.4, 0.5) is 0 Å². The summed E-state index contributed by atoms with van der Waals surface area (Å²) in [6.45, 7) is 10.3. The zero-order chi connectivity index (χ0) is 25.3. The van der Waals surface area contributed by atoms with Crippen molar-refractivity contribution < 1.29 is 9.59 Å². The molecule has 1 saturated carbocycles. The maximum Gasteiger partial charge on any atom is 0.262 e. The Labute approximate surface area is 209 Å². The van der Waals surface area contributed by atoms with Gasteiger partial charge in [-0.3, -0.25) is 23.4 Å². The molecular weight excluding hydrogens is 464 g/mol. The van der Waals surface area contributed by atoms with Gasteiger partial charge in [-0.1, -0.05) is 38.5 Å². The first-order valence-electron chi connectivity index (χ1n) is 12.2. The van der Waals surface area contributed by atoms with E-state index in [2.05, 4.69) is 20.8 Å². The van der Waals surface area contributed by atoms with Crippen molar-refractivity contribution in [1.29, 1.82) is 0 Å². The predicted octanol–water partition coefficient (Wildman–Crippen LogP) is 3.38. The van der Waals surface area contributed by atoms with E-state index in [4.69, 9.17) is 0 Å². The van der Waals surface area contributed by atoms with Crippen molar-refractivity contribution in [1.82, 2.24) is 29.8 Å². The molecular formula is C25H34N6O3S. The summed E-state index contributed by atoms with van der Waals surface area (Å²) in [5.41, 5.74) is 0.546. The highest BCUT2D eigenvalue weighted by Crippen LogP contribution is 2.24. The predicted molar refractivity (Wildman–Crippen MR) is 138 cm³/mol. The van der Waals surface area contributed by atoms with Gasteiger partial charge in [-0.05, 0) is 57.7 Å². The monoisotopic (exact) mass is 498 g/mol. The Bertz CT molecular complexity index is 1310. The molecule has 2 heterocycles. The molecule has 35 heavy (non-hydrogen) atoms. The minimum atomic E-state index is -0.337. The van der Waals surface area contributed by atoms with Crippen molar-refractivity contribution in [3.8, 4) is 0 Å². The zero-order valence-electron chi connectivity index (χ0n) is 21.1. The Hall–Kier alpha value is -2.88. The highest BCUT2D eigenvalue weighted by molar-refractivity contribution is 7.99. The Balaban J connectivity index is 1.78. The Morgan fingerprint density at radius 3 is 2.54 bits per heavy atom. The highest BCUT2D eigenvalue weighted by Gasteiger charge is 2.22. The minimum Gasteiger partial charge on any atom is -0.351 e. The fourth-order valence-corrected chi connectivity index (χ4v) is 5.21. The van der Waals surface area contributed by atoms with E-state index in [0.717, 1.165) is 25.7 Å². The molecule has 0 bridgehead atoms. The molecule has 0 spiro atoms. The van der Waals surface area contributed by atoms with Crippen molar-refractivity contribution >= 4 is 40.3 Å². The maximum absolute atomic E-state index is 13.4. The van der Waals surface area contributed by atoms with Gasteiger partial charge in [-0.25, -0.2) is 0 Å². The first kappa shape index (κ1) is 25.2. The van der Waals surface area contributed by atoms with Gasteiger partial charge in [0.05, 0.1) is 16.7 Å². The van der Waals surface area contributed by atoms with Gasteiger partial charge < -0.3 is 10.6 Å². The van der Waals surface area contributed by atoms with Crippen LogP contribution in [0.2, 0.25) is 0 Å². The number of rotatable bonds is 7. The van der Waals surface area contributed by atoms with E-state index in [-0.39, 0.29) is 40.6 Å². The molecule has 0 atom stereocenters. The molecule has 0 aliphatic heterocycles. The lowest BCUT2D eigenvalue weighted by Gasteiger charge is -2.20. The standard InChI is InChI=1S/C25H34N6O3S/c1-15(2)13-30-22(34)18-11-10-16(21(33)26-17-8-6-7-9-17)12-19(18)31-23(30)28-29-24(31)35-14-20(32)27-25(3,4)5/h10-12,15,17H,6-9,13-14H2,1-5H3,(H,26,33)(H,27,32). The summed E-state index contributed by atoms with van der Waals surface area (Å²) >= 11 is 1.26. The van der Waals surface area contributed by atoms with E-state index in [1.165, 1.54) is 11.8 Å². The number of carbonyl (C=O) groups is 2. The molecule has 0 saturated heterocycles. The Kier molecular flexibility index (Phi) is 7.21. The lowest BCUT2D eigenvalue weighted by Crippen LogP contribution is -2.41. The van der Waals surface area contributed by atoms with Gasteiger partial charge in [0.25, 0.3) is 11.5 Å². The average molecular weight is 499 g/mol. The van der Waals surface area contributed by atoms with Crippen LogP contribution in [0.1, 0.15) is 70.7 Å². The second-order valence-corrected chi connectivity index (χ2v) is 11.6. The first-order valence-corrected chi connectivity index (χ1v) is 13.2. The summed E-state index contributed by atoms with van der Waals surface area (Å²) < 4.78 is 3.41. The van der Waals surface area contributed by atoms with Gasteiger partial charge >= 0.3 is 0 Å². The molecule has 10 heteroatoms. The molecule has 1 aliphatic rings. The van der Waals surface area contributed by atoms with Crippen LogP contribution < -0.4 is 16.2 Å². The van der Waals surface area contributed by atoms with Crippen LogP contribution in [0.15, 0.2) is 28.2 Å². The van der Waals surface area contributed by atoms with Crippen molar-refractivity contribution in [3.63, 3.8) is 0 Å². The number of amides is 2. The van der Waals surface area contributed by atoms with Crippen LogP contribution >= 0.6 is 11.8 Å². The summed E-state index contributed by atoms with van der Waals surface area (Å²) in [6, 6.07) is 5.34. The lowest BCUT2D eigenvalue weighted by molar-refractivity contribution is -0.119. The second kappa shape index (κ2) is 10.0. The summed E-state index contributed by atoms with van der Waals surface area (Å²) in [5.74, 6) is 0.518. The van der Waals surface area contributed by atoms with Gasteiger partial charge in [-0.15, -0.1) is 10.2 Å². The normalized spacial score (nSPS) is 14.8. The lowest BCUT2D eigenvalue weighted by atomic mass is 10.1. The third-order valence-corrected chi connectivity index (χ3v) is 6.85. The molecule has 1 fully saturated rings. The first-order chi connectivity index (χ1) is 16.5. The van der Waals surface area contributed by atoms with E-state index < -0.39 is 0 Å². The smallest absolute Gasteiger partial charge is 0.262 e. The van der Waals surface area contributed by atoms with Crippen molar-refractivity contribution in [2.24, 2.45) is 5.92 Å². The fraction of sp³-hybridized carbons (Fsp3) is 0.560. The number of thioether (sulfide) groups is 1. The molecule has 2 aromatic heterocycles. The van der Waals surface area contributed by atoms with Crippen LogP contribution in [0.3, 0.4) is 0 Å². The zero-order valence-corrected chi connectivity index (χ0v) is 21.9. The molecule has 1 aromatic carbocycles. The second-order valence-electron chi connectivity index (χ2n) is 10.7. The third-order valence-electron chi connectivity index (χ3n) is 5.92. The van der Waals surface area contributed by atoms with Gasteiger partial charge in [0.15, 0.2) is 5.16 Å². The topological polar surface area (TPSA) is 110 Å². The molecule has 9 nitrogen and oxygen atoms in total. The van der Waals surface area contributed by atoms with Crippen molar-refractivity contribution in [3.05, 3.63) is 34.1 Å². The van der Waals surface area contributed by atoms with E-state index in [9.17, 15) is 14.4 Å². The van der Waals surface area contributed by atoms with Crippen LogP contribution in [-0.2, 0) is 11.3 Å². The Morgan fingerprint density at radius 2 is 1.89 bits per heavy atom. The van der Waals surface area contributed by atoms with E-state index >= 15 is 0 Å². The van der Waals surface area contributed by atoms with Crippen LogP contribution in [0.25, 0.3) is 16.7 Å². The average Bonchev–Trinajstić information content (AvgIpc) is 3.43. The molecule has 188 valence electrons. The number of carbonyl (C=O) groups excluding carboxylic acids is 2. The van der Waals surface area contributed by atoms with E-state index in [0.29, 0.717) is 33.9 Å². The molecule has 3 aromatic rings. The number of nitrogens with one attached hydrogen (secondary N) is 2. The Morgan fingerprint density at radius 1 is 1.17 bits per heavy atom. The minimum absolute atomic E-state index is 0.115. The quantitative estimate of drug-likeness (QED) is 0.483. The maximum atomic E-state index is 13.4. The largest absolute Gasteiger partial charge is 0.351 e. The fourth-order valence-electron chi connectivity index (χ4n) is 4.47. The molecule has 0 unspecified atom stereocenters. The van der Waals surface area contributed by atoms with Crippen molar-refractivity contribution in [2.45, 2.75) is 83.6 Å². The number of aromatic nitrogens is 4. The molecule has 4 rings (SSSR count). The number of hydrogen-bond donors (Lipinski definition) is 2. The molecule has 1 aliphatic carbocycles. The molecule has 0 radical (unpaired) electrons. The van der Waals surface area contributed by atoms with Crippen LogP contribution in [0, 0.1) is 5.92 Å². The number of benzene rings is 1. The summed E-state index contributed by atoms with van der Waals surface area (Å²) in [6.07, 6.45) is 4.24. The molecule has 2 N–H and O–H groups in total. The number of fused-ring (bicyclic) bond motifs is 3. The van der Waals surface area contributed by atoms with Crippen molar-refractivity contribution in [2.75, 3.05) is 5.75 Å². The van der Waals surface area contributed by atoms with Gasteiger partial charge in [-0.2, -0.15) is 0 Å². The van der Waals surface area contributed by atoms with Crippen LogP contribution in [0.5, 0.6) is 0 Å². The summed E-state index contributed by atoms with van der Waals surface area (Å²) in [5, 5.41) is 15.7. The van der Waals surface area contributed by atoms with Crippen LogP contribution in [-0.4, -0.2) is 48.3 Å². The van der Waals surface area contributed by atoms with Gasteiger partial charge in [0, 0.05) is 23.7 Å². The van der Waals surface area contributed by atoms with Gasteiger partial charge in [0.1, 0.15) is 0 Å².